The van der Waals surface area contributed by atoms with Crippen LogP contribution >= 0.6 is 8.58 Å². The first-order valence-electron chi connectivity index (χ1n) is 6.12. The van der Waals surface area contributed by atoms with E-state index in [2.05, 4.69) is 19.9 Å². The Morgan fingerprint density at radius 2 is 1.41 bits per heavy atom. The van der Waals surface area contributed by atoms with Gasteiger partial charge in [0.25, 0.3) is 0 Å². The third-order valence-electron chi connectivity index (χ3n) is 2.64. The molecule has 2 aromatic rings. The van der Waals surface area contributed by atoms with Gasteiger partial charge in [0.05, 0.1) is 0 Å². The topological polar surface area (TPSA) is 57.4 Å². The van der Waals surface area contributed by atoms with Crippen LogP contribution < -0.4 is 0 Å². The van der Waals surface area contributed by atoms with Gasteiger partial charge in [-0.2, -0.15) is 0 Å². The Balaban J connectivity index is 1.44. The van der Waals surface area contributed by atoms with E-state index in [1.807, 2.05) is 24.8 Å². The first kappa shape index (κ1) is 12.3. The van der Waals surface area contributed by atoms with Crippen LogP contribution in [0.1, 0.15) is 24.5 Å². The van der Waals surface area contributed by atoms with Crippen molar-refractivity contribution in [3.8, 4) is 0 Å². The number of nitrogens with one attached hydrogen (secondary N) is 2. The first-order valence-corrected chi connectivity index (χ1v) is 7.54. The summed E-state index contributed by atoms with van der Waals surface area (Å²) in [5.74, 6) is 2.23. The number of aromatic nitrogens is 4. The van der Waals surface area contributed by atoms with Crippen LogP contribution in [0.3, 0.4) is 0 Å². The largest absolute Gasteiger partial charge is 0.349 e. The third kappa shape index (κ3) is 4.70. The molecule has 0 aliphatic rings. The molecule has 0 saturated heterocycles. The highest BCUT2D eigenvalue weighted by Crippen LogP contribution is 2.15. The molecule has 0 spiro atoms. The molecule has 0 radical (unpaired) electrons. The SMILES string of the molecule is c1c[nH]c(CCCPCCCc2ncc[nH]2)n1. The predicted molar refractivity (Wildman–Crippen MR) is 71.9 cm³/mol. The minimum Gasteiger partial charge on any atom is -0.349 e. The predicted octanol–water partition coefficient (Wildman–Crippen LogP) is 2.38. The van der Waals surface area contributed by atoms with E-state index >= 15 is 0 Å². The Kier molecular flexibility index (Phi) is 5.24. The van der Waals surface area contributed by atoms with Crippen LogP contribution in [0.2, 0.25) is 0 Å². The fourth-order valence-electron chi connectivity index (χ4n) is 1.76. The lowest BCUT2D eigenvalue weighted by Crippen LogP contribution is -1.92. The van der Waals surface area contributed by atoms with Gasteiger partial charge in [-0.3, -0.25) is 0 Å². The van der Waals surface area contributed by atoms with E-state index in [0.717, 1.165) is 33.1 Å². The van der Waals surface area contributed by atoms with E-state index in [0.29, 0.717) is 0 Å². The first-order chi connectivity index (χ1) is 8.45. The Bertz CT molecular complexity index is 344. The molecule has 17 heavy (non-hydrogen) atoms. The van der Waals surface area contributed by atoms with Gasteiger partial charge in [-0.1, -0.05) is 0 Å². The molecule has 0 fully saturated rings. The summed E-state index contributed by atoms with van der Waals surface area (Å²) in [6.45, 7) is 0. The van der Waals surface area contributed by atoms with E-state index < -0.39 is 0 Å². The minimum absolute atomic E-state index is 1.07. The molecule has 4 nitrogen and oxygen atoms in total. The Morgan fingerprint density at radius 3 is 1.82 bits per heavy atom. The van der Waals surface area contributed by atoms with Crippen molar-refractivity contribution in [2.75, 3.05) is 12.3 Å². The average molecular weight is 250 g/mol. The summed E-state index contributed by atoms with van der Waals surface area (Å²) < 4.78 is 0. The molecule has 2 heterocycles. The quantitative estimate of drug-likeness (QED) is 0.558. The molecule has 0 aromatic carbocycles. The van der Waals surface area contributed by atoms with Gasteiger partial charge in [-0.05, 0) is 25.2 Å². The summed E-state index contributed by atoms with van der Waals surface area (Å²) in [6, 6.07) is 0. The summed E-state index contributed by atoms with van der Waals surface area (Å²) in [6.07, 6.45) is 14.7. The van der Waals surface area contributed by atoms with Crippen molar-refractivity contribution in [3.05, 3.63) is 36.4 Å². The second-order valence-electron chi connectivity index (χ2n) is 4.03. The summed E-state index contributed by atoms with van der Waals surface area (Å²) in [5.41, 5.74) is 0. The zero-order chi connectivity index (χ0) is 11.8. The van der Waals surface area contributed by atoms with E-state index in [4.69, 9.17) is 0 Å². The van der Waals surface area contributed by atoms with E-state index in [1.165, 1.54) is 25.2 Å². The van der Waals surface area contributed by atoms with Crippen LogP contribution in [0.25, 0.3) is 0 Å². The molecule has 0 amide bonds. The standard InChI is InChI=1S/C12H19N4P/c1(3-11-13-5-6-14-11)9-17-10-2-4-12-15-7-8-16-12/h5-8,17H,1-4,9-10H2,(H,13,14)(H,15,16). The Morgan fingerprint density at radius 1 is 0.882 bits per heavy atom. The van der Waals surface area contributed by atoms with Gasteiger partial charge < -0.3 is 9.97 Å². The van der Waals surface area contributed by atoms with Crippen LogP contribution in [0, 0.1) is 0 Å². The molecule has 0 aliphatic carbocycles. The van der Waals surface area contributed by atoms with Crippen LogP contribution in [0.4, 0.5) is 0 Å². The molecule has 2 rings (SSSR count). The fourth-order valence-corrected chi connectivity index (χ4v) is 2.86. The molecule has 2 aromatic heterocycles. The van der Waals surface area contributed by atoms with Crippen LogP contribution in [-0.2, 0) is 12.8 Å². The van der Waals surface area contributed by atoms with E-state index in [9.17, 15) is 0 Å². The molecule has 0 saturated carbocycles. The van der Waals surface area contributed by atoms with Gasteiger partial charge in [0, 0.05) is 37.6 Å². The molecule has 0 atom stereocenters. The molecule has 5 heteroatoms. The summed E-state index contributed by atoms with van der Waals surface area (Å²) in [7, 11) is 1.07. The Hall–Kier alpha value is -1.15. The lowest BCUT2D eigenvalue weighted by molar-refractivity contribution is 0.848. The van der Waals surface area contributed by atoms with Crippen LogP contribution in [-0.4, -0.2) is 32.3 Å². The third-order valence-corrected chi connectivity index (χ3v) is 4.06. The summed E-state index contributed by atoms with van der Waals surface area (Å²) in [4.78, 5) is 14.7. The van der Waals surface area contributed by atoms with Gasteiger partial charge in [-0.25, -0.2) is 9.97 Å². The maximum atomic E-state index is 4.22. The highest BCUT2D eigenvalue weighted by Gasteiger charge is 1.96. The zero-order valence-electron chi connectivity index (χ0n) is 9.95. The van der Waals surface area contributed by atoms with Crippen molar-refractivity contribution in [1.82, 2.24) is 19.9 Å². The highest BCUT2D eigenvalue weighted by atomic mass is 31.1. The van der Waals surface area contributed by atoms with Gasteiger partial charge in [-0.15, -0.1) is 8.58 Å². The number of aryl methyl sites for hydroxylation is 2. The second kappa shape index (κ2) is 7.23. The van der Waals surface area contributed by atoms with Gasteiger partial charge in [0.1, 0.15) is 11.6 Å². The molecular formula is C12H19N4P. The molecule has 0 unspecified atom stereocenters. The van der Waals surface area contributed by atoms with Gasteiger partial charge in [0.2, 0.25) is 0 Å². The van der Waals surface area contributed by atoms with Crippen molar-refractivity contribution in [3.63, 3.8) is 0 Å². The van der Waals surface area contributed by atoms with Crippen molar-refractivity contribution < 1.29 is 0 Å². The zero-order valence-corrected chi connectivity index (χ0v) is 10.9. The lowest BCUT2D eigenvalue weighted by atomic mass is 10.3. The van der Waals surface area contributed by atoms with Gasteiger partial charge >= 0.3 is 0 Å². The number of aromatic amines is 2. The van der Waals surface area contributed by atoms with Crippen molar-refractivity contribution >= 4 is 8.58 Å². The number of imidazole rings is 2. The number of hydrogen-bond donors (Lipinski definition) is 2. The number of rotatable bonds is 8. The maximum absolute atomic E-state index is 4.22. The van der Waals surface area contributed by atoms with E-state index in [-0.39, 0.29) is 0 Å². The second-order valence-corrected chi connectivity index (χ2v) is 5.53. The van der Waals surface area contributed by atoms with Gasteiger partial charge in [0.15, 0.2) is 0 Å². The molecule has 0 aliphatic heterocycles. The normalized spacial score (nSPS) is 10.8. The van der Waals surface area contributed by atoms with Crippen LogP contribution in [0.5, 0.6) is 0 Å². The molecular weight excluding hydrogens is 231 g/mol. The monoisotopic (exact) mass is 250 g/mol. The van der Waals surface area contributed by atoms with Crippen molar-refractivity contribution in [1.29, 1.82) is 0 Å². The van der Waals surface area contributed by atoms with Crippen molar-refractivity contribution in [2.45, 2.75) is 25.7 Å². The van der Waals surface area contributed by atoms with Crippen LogP contribution in [0.15, 0.2) is 24.8 Å². The average Bonchev–Trinajstić information content (AvgIpc) is 3.00. The highest BCUT2D eigenvalue weighted by molar-refractivity contribution is 7.37. The number of H-pyrrole nitrogens is 2. The maximum Gasteiger partial charge on any atom is 0.106 e. The Labute approximate surface area is 103 Å². The minimum atomic E-state index is 1.07. The fraction of sp³-hybridized carbons (Fsp3) is 0.500. The lowest BCUT2D eigenvalue weighted by Gasteiger charge is -2.00. The van der Waals surface area contributed by atoms with Crippen molar-refractivity contribution in [2.24, 2.45) is 0 Å². The smallest absolute Gasteiger partial charge is 0.106 e. The molecule has 0 bridgehead atoms. The summed E-state index contributed by atoms with van der Waals surface area (Å²) >= 11 is 0. The van der Waals surface area contributed by atoms with E-state index in [1.54, 1.807) is 0 Å². The molecule has 92 valence electrons. The molecule has 2 N–H and O–H groups in total. The number of nitrogens with zero attached hydrogens (tertiary/aromatic N) is 2. The summed E-state index contributed by atoms with van der Waals surface area (Å²) in [5, 5.41) is 0. The number of hydrogen-bond acceptors (Lipinski definition) is 2.